The molecular formula is C19H16N4O4. The van der Waals surface area contributed by atoms with Gasteiger partial charge in [0.15, 0.2) is 11.5 Å². The van der Waals surface area contributed by atoms with Crippen molar-refractivity contribution in [3.8, 4) is 11.5 Å². The SMILES string of the molecule is COc1cc(/C=N/n2c(=O)[nH]c3c([nH]c4ccc(C)cc43)c2=O)ccc1O. The maximum Gasteiger partial charge on any atom is 0.350 e. The monoisotopic (exact) mass is 364 g/mol. The van der Waals surface area contributed by atoms with Crippen LogP contribution in [-0.4, -0.2) is 33.1 Å². The molecule has 2 heterocycles. The number of nitrogens with zero attached hydrogens (tertiary/aromatic N) is 2. The van der Waals surface area contributed by atoms with E-state index in [1.54, 1.807) is 12.1 Å². The molecule has 0 bridgehead atoms. The average Bonchev–Trinajstić information content (AvgIpc) is 3.01. The summed E-state index contributed by atoms with van der Waals surface area (Å²) >= 11 is 0. The third kappa shape index (κ3) is 2.77. The topological polar surface area (TPSA) is 112 Å². The number of hydrogen-bond donors (Lipinski definition) is 3. The minimum atomic E-state index is -0.642. The lowest BCUT2D eigenvalue weighted by atomic mass is 10.2. The van der Waals surface area contributed by atoms with Gasteiger partial charge in [-0.1, -0.05) is 11.6 Å². The Hall–Kier alpha value is -3.81. The molecule has 0 saturated heterocycles. The lowest BCUT2D eigenvalue weighted by molar-refractivity contribution is 0.373. The number of benzene rings is 2. The summed E-state index contributed by atoms with van der Waals surface area (Å²) in [6, 6.07) is 10.3. The molecule has 8 nitrogen and oxygen atoms in total. The van der Waals surface area contributed by atoms with Gasteiger partial charge in [0.25, 0.3) is 0 Å². The molecule has 136 valence electrons. The van der Waals surface area contributed by atoms with Crippen LogP contribution in [0, 0.1) is 6.92 Å². The van der Waals surface area contributed by atoms with Crippen molar-refractivity contribution in [1.29, 1.82) is 0 Å². The Morgan fingerprint density at radius 3 is 2.70 bits per heavy atom. The van der Waals surface area contributed by atoms with Gasteiger partial charge in [0.1, 0.15) is 5.52 Å². The van der Waals surface area contributed by atoms with E-state index in [1.165, 1.54) is 19.4 Å². The third-order valence-electron chi connectivity index (χ3n) is 4.31. The van der Waals surface area contributed by atoms with Crippen LogP contribution in [0.1, 0.15) is 11.1 Å². The van der Waals surface area contributed by atoms with Gasteiger partial charge in [-0.15, -0.1) is 4.68 Å². The van der Waals surface area contributed by atoms with Crippen molar-refractivity contribution < 1.29 is 9.84 Å². The number of H-pyrrole nitrogens is 2. The van der Waals surface area contributed by atoms with Crippen LogP contribution in [0.15, 0.2) is 51.1 Å². The van der Waals surface area contributed by atoms with Crippen molar-refractivity contribution in [3.05, 3.63) is 68.4 Å². The lowest BCUT2D eigenvalue weighted by Gasteiger charge is -2.03. The molecular weight excluding hydrogens is 348 g/mol. The fraction of sp³-hybridized carbons (Fsp3) is 0.105. The quantitative estimate of drug-likeness (QED) is 0.483. The van der Waals surface area contributed by atoms with Crippen LogP contribution in [0.3, 0.4) is 0 Å². The van der Waals surface area contributed by atoms with Gasteiger partial charge >= 0.3 is 11.2 Å². The van der Waals surface area contributed by atoms with Gasteiger partial charge in [0, 0.05) is 10.9 Å². The van der Waals surface area contributed by atoms with E-state index >= 15 is 0 Å². The molecule has 0 amide bonds. The van der Waals surface area contributed by atoms with E-state index in [-0.39, 0.29) is 17.0 Å². The number of nitrogens with one attached hydrogen (secondary N) is 2. The van der Waals surface area contributed by atoms with E-state index in [0.29, 0.717) is 11.1 Å². The minimum Gasteiger partial charge on any atom is -0.504 e. The van der Waals surface area contributed by atoms with Crippen molar-refractivity contribution in [1.82, 2.24) is 14.6 Å². The molecule has 0 aliphatic carbocycles. The van der Waals surface area contributed by atoms with Gasteiger partial charge in [-0.25, -0.2) is 4.79 Å². The molecule has 0 fully saturated rings. The van der Waals surface area contributed by atoms with E-state index in [2.05, 4.69) is 15.1 Å². The maximum atomic E-state index is 12.7. The van der Waals surface area contributed by atoms with Crippen molar-refractivity contribution in [2.24, 2.45) is 5.10 Å². The number of phenols is 1. The minimum absolute atomic E-state index is 0.0144. The first-order chi connectivity index (χ1) is 13.0. The Labute approximate surface area is 152 Å². The smallest absolute Gasteiger partial charge is 0.350 e. The molecule has 0 aliphatic rings. The van der Waals surface area contributed by atoms with Gasteiger partial charge in [-0.3, -0.25) is 4.79 Å². The van der Waals surface area contributed by atoms with E-state index in [4.69, 9.17) is 4.74 Å². The van der Waals surface area contributed by atoms with Crippen molar-refractivity contribution in [3.63, 3.8) is 0 Å². The number of fused-ring (bicyclic) bond motifs is 3. The van der Waals surface area contributed by atoms with Crippen molar-refractivity contribution in [2.75, 3.05) is 7.11 Å². The highest BCUT2D eigenvalue weighted by molar-refractivity contribution is 6.04. The molecule has 0 saturated carbocycles. The first-order valence-corrected chi connectivity index (χ1v) is 8.16. The van der Waals surface area contributed by atoms with Crippen LogP contribution in [0.2, 0.25) is 0 Å². The van der Waals surface area contributed by atoms with Crippen LogP contribution in [0.5, 0.6) is 11.5 Å². The van der Waals surface area contributed by atoms with Gasteiger partial charge in [-0.05, 0) is 42.8 Å². The number of aromatic hydroxyl groups is 1. The number of rotatable bonds is 3. The summed E-state index contributed by atoms with van der Waals surface area (Å²) in [6.45, 7) is 1.94. The van der Waals surface area contributed by atoms with Crippen molar-refractivity contribution in [2.45, 2.75) is 6.92 Å². The standard InChI is InChI=1S/C19H16N4O4/c1-10-3-5-13-12(7-10)16-17(21-13)18(25)23(19(26)22-16)20-9-11-4-6-14(24)15(8-11)27-2/h3-9,21,24H,1-2H3,(H,22,26)/b20-9+. The second-order valence-corrected chi connectivity index (χ2v) is 6.15. The Morgan fingerprint density at radius 2 is 1.93 bits per heavy atom. The van der Waals surface area contributed by atoms with Gasteiger partial charge in [0.2, 0.25) is 0 Å². The summed E-state index contributed by atoms with van der Waals surface area (Å²) in [7, 11) is 1.43. The van der Waals surface area contributed by atoms with Gasteiger partial charge in [0.05, 0.1) is 18.8 Å². The maximum absolute atomic E-state index is 12.7. The van der Waals surface area contributed by atoms with Crippen LogP contribution in [0.4, 0.5) is 0 Å². The summed E-state index contributed by atoms with van der Waals surface area (Å²) in [5.41, 5.74) is 1.88. The van der Waals surface area contributed by atoms with E-state index < -0.39 is 11.2 Å². The van der Waals surface area contributed by atoms with Gasteiger partial charge in [-0.2, -0.15) is 5.10 Å². The Kier molecular flexibility index (Phi) is 3.80. The molecule has 0 unspecified atom stereocenters. The zero-order valence-electron chi connectivity index (χ0n) is 14.6. The second-order valence-electron chi connectivity index (χ2n) is 6.15. The van der Waals surface area contributed by atoms with Crippen molar-refractivity contribution >= 4 is 28.2 Å². The zero-order chi connectivity index (χ0) is 19.1. The first kappa shape index (κ1) is 16.6. The largest absolute Gasteiger partial charge is 0.504 e. The molecule has 0 radical (unpaired) electrons. The number of hydrogen-bond acceptors (Lipinski definition) is 5. The highest BCUT2D eigenvalue weighted by atomic mass is 16.5. The number of aromatic amines is 2. The molecule has 0 atom stereocenters. The van der Waals surface area contributed by atoms with Crippen LogP contribution >= 0.6 is 0 Å². The number of methoxy groups -OCH3 is 1. The lowest BCUT2D eigenvalue weighted by Crippen LogP contribution is -2.32. The summed E-state index contributed by atoms with van der Waals surface area (Å²) in [4.78, 5) is 30.9. The number of aryl methyl sites for hydroxylation is 1. The molecule has 3 N–H and O–H groups in total. The summed E-state index contributed by atoms with van der Waals surface area (Å²) in [5, 5.41) is 14.4. The van der Waals surface area contributed by atoms with E-state index in [0.717, 1.165) is 21.1 Å². The van der Waals surface area contributed by atoms with Crippen LogP contribution in [-0.2, 0) is 0 Å². The van der Waals surface area contributed by atoms with Crippen LogP contribution < -0.4 is 16.0 Å². The molecule has 4 rings (SSSR count). The predicted octanol–water partition coefficient (Wildman–Crippen LogP) is 2.08. The summed E-state index contributed by atoms with van der Waals surface area (Å²) in [5.74, 6) is 0.251. The molecule has 8 heteroatoms. The Balaban J connectivity index is 1.86. The fourth-order valence-corrected chi connectivity index (χ4v) is 2.96. The molecule has 27 heavy (non-hydrogen) atoms. The van der Waals surface area contributed by atoms with E-state index in [1.807, 2.05) is 25.1 Å². The fourth-order valence-electron chi connectivity index (χ4n) is 2.96. The average molecular weight is 364 g/mol. The van der Waals surface area contributed by atoms with Crippen LogP contribution in [0.25, 0.3) is 21.9 Å². The normalized spacial score (nSPS) is 11.6. The molecule has 2 aromatic carbocycles. The number of phenolic OH excluding ortho intramolecular Hbond substituents is 1. The summed E-state index contributed by atoms with van der Waals surface area (Å²) in [6.07, 6.45) is 1.34. The highest BCUT2D eigenvalue weighted by Crippen LogP contribution is 2.25. The molecule has 0 spiro atoms. The predicted molar refractivity (Wildman–Crippen MR) is 103 cm³/mol. The third-order valence-corrected chi connectivity index (χ3v) is 4.31. The second kappa shape index (κ2) is 6.17. The van der Waals surface area contributed by atoms with E-state index in [9.17, 15) is 14.7 Å². The summed E-state index contributed by atoms with van der Waals surface area (Å²) < 4.78 is 5.79. The zero-order valence-corrected chi connectivity index (χ0v) is 14.6. The number of aromatic nitrogens is 3. The number of ether oxygens (including phenoxy) is 1. The first-order valence-electron chi connectivity index (χ1n) is 8.16. The molecule has 4 aromatic rings. The molecule has 0 aliphatic heterocycles. The Bertz CT molecular complexity index is 1330. The molecule has 2 aromatic heterocycles. The van der Waals surface area contributed by atoms with Gasteiger partial charge < -0.3 is 19.8 Å². The Morgan fingerprint density at radius 1 is 1.11 bits per heavy atom. The highest BCUT2D eigenvalue weighted by Gasteiger charge is 2.12.